The molecule has 0 aliphatic heterocycles. The van der Waals surface area contributed by atoms with Gasteiger partial charge in [-0.15, -0.1) is 0 Å². The molecule has 21 heavy (non-hydrogen) atoms. The normalized spacial score (nSPS) is 16.9. The Labute approximate surface area is 125 Å². The second-order valence-electron chi connectivity index (χ2n) is 5.52. The highest BCUT2D eigenvalue weighted by Gasteiger charge is 2.39. The zero-order chi connectivity index (χ0) is 15.3. The van der Waals surface area contributed by atoms with Gasteiger partial charge in [0.15, 0.2) is 0 Å². The quantitative estimate of drug-likeness (QED) is 0.744. The van der Waals surface area contributed by atoms with Crippen LogP contribution in [-0.2, 0) is 9.53 Å². The summed E-state index contributed by atoms with van der Waals surface area (Å²) in [7, 11) is 3.04. The molecule has 1 aromatic carbocycles. The van der Waals surface area contributed by atoms with Gasteiger partial charge in [-0.2, -0.15) is 0 Å². The van der Waals surface area contributed by atoms with E-state index in [0.29, 0.717) is 19.1 Å². The van der Waals surface area contributed by atoms with Crippen LogP contribution in [0.4, 0.5) is 0 Å². The molecule has 1 atom stereocenters. The Morgan fingerprint density at radius 2 is 1.86 bits per heavy atom. The highest BCUT2D eigenvalue weighted by molar-refractivity contribution is 5.80. The molecular formula is C16H23NO4. The predicted octanol–water partition coefficient (Wildman–Crippen LogP) is 2.15. The zero-order valence-electron chi connectivity index (χ0n) is 12.8. The number of rotatable bonds is 8. The van der Waals surface area contributed by atoms with Gasteiger partial charge in [-0.3, -0.25) is 10.1 Å². The molecule has 1 aliphatic rings. The molecule has 1 N–H and O–H groups in total. The molecular weight excluding hydrogens is 270 g/mol. The SMILES string of the molecule is COC(=O)C(C)(CCOc1ccc(OC)cc1)NC1CC1. The van der Waals surface area contributed by atoms with Crippen LogP contribution in [0.15, 0.2) is 24.3 Å². The lowest BCUT2D eigenvalue weighted by Crippen LogP contribution is -2.52. The van der Waals surface area contributed by atoms with Crippen LogP contribution in [0.1, 0.15) is 26.2 Å². The molecule has 2 rings (SSSR count). The molecule has 0 saturated heterocycles. The largest absolute Gasteiger partial charge is 0.497 e. The summed E-state index contributed by atoms with van der Waals surface area (Å²) in [5.74, 6) is 1.30. The molecule has 0 amide bonds. The van der Waals surface area contributed by atoms with Crippen molar-refractivity contribution in [3.8, 4) is 11.5 Å². The fraction of sp³-hybridized carbons (Fsp3) is 0.562. The van der Waals surface area contributed by atoms with E-state index in [1.54, 1.807) is 7.11 Å². The molecule has 116 valence electrons. The van der Waals surface area contributed by atoms with Gasteiger partial charge in [0.05, 0.1) is 20.8 Å². The molecule has 1 unspecified atom stereocenters. The molecule has 1 saturated carbocycles. The summed E-state index contributed by atoms with van der Waals surface area (Å²) in [6.45, 7) is 2.31. The van der Waals surface area contributed by atoms with Gasteiger partial charge >= 0.3 is 5.97 Å². The van der Waals surface area contributed by atoms with Gasteiger partial charge in [0.2, 0.25) is 0 Å². The molecule has 0 radical (unpaired) electrons. The fourth-order valence-corrected chi connectivity index (χ4v) is 2.18. The number of methoxy groups -OCH3 is 2. The first-order chi connectivity index (χ1) is 10.1. The summed E-state index contributed by atoms with van der Waals surface area (Å²) >= 11 is 0. The number of esters is 1. The number of ether oxygens (including phenoxy) is 3. The maximum atomic E-state index is 12.0. The smallest absolute Gasteiger partial charge is 0.325 e. The van der Waals surface area contributed by atoms with E-state index in [1.807, 2.05) is 31.2 Å². The third-order valence-electron chi connectivity index (χ3n) is 3.67. The Hall–Kier alpha value is -1.75. The highest BCUT2D eigenvalue weighted by atomic mass is 16.5. The van der Waals surface area contributed by atoms with Crippen molar-refractivity contribution >= 4 is 5.97 Å². The first-order valence-electron chi connectivity index (χ1n) is 7.20. The third kappa shape index (κ3) is 4.36. The van der Waals surface area contributed by atoms with Gasteiger partial charge in [0, 0.05) is 12.5 Å². The van der Waals surface area contributed by atoms with Crippen molar-refractivity contribution in [1.29, 1.82) is 0 Å². The van der Waals surface area contributed by atoms with Crippen LogP contribution in [0.3, 0.4) is 0 Å². The van der Waals surface area contributed by atoms with E-state index in [2.05, 4.69) is 5.32 Å². The molecule has 0 bridgehead atoms. The van der Waals surface area contributed by atoms with Crippen molar-refractivity contribution < 1.29 is 19.0 Å². The minimum Gasteiger partial charge on any atom is -0.497 e. The van der Waals surface area contributed by atoms with E-state index in [4.69, 9.17) is 14.2 Å². The maximum absolute atomic E-state index is 12.0. The number of benzene rings is 1. The van der Waals surface area contributed by atoms with E-state index in [1.165, 1.54) is 7.11 Å². The van der Waals surface area contributed by atoms with Crippen LogP contribution in [0, 0.1) is 0 Å². The summed E-state index contributed by atoms with van der Waals surface area (Å²) in [6.07, 6.45) is 2.79. The van der Waals surface area contributed by atoms with Crippen LogP contribution < -0.4 is 14.8 Å². The molecule has 5 nitrogen and oxygen atoms in total. The highest BCUT2D eigenvalue weighted by Crippen LogP contribution is 2.25. The van der Waals surface area contributed by atoms with Crippen molar-refractivity contribution in [2.45, 2.75) is 37.8 Å². The van der Waals surface area contributed by atoms with Crippen LogP contribution in [0.5, 0.6) is 11.5 Å². The number of carbonyl (C=O) groups is 1. The monoisotopic (exact) mass is 293 g/mol. The van der Waals surface area contributed by atoms with Crippen LogP contribution >= 0.6 is 0 Å². The zero-order valence-corrected chi connectivity index (χ0v) is 12.8. The Morgan fingerprint density at radius 3 is 2.38 bits per heavy atom. The summed E-state index contributed by atoms with van der Waals surface area (Å²) in [5, 5.41) is 3.35. The van der Waals surface area contributed by atoms with Crippen molar-refractivity contribution in [2.24, 2.45) is 0 Å². The molecule has 1 fully saturated rings. The van der Waals surface area contributed by atoms with Crippen molar-refractivity contribution in [3.05, 3.63) is 24.3 Å². The van der Waals surface area contributed by atoms with Gasteiger partial charge < -0.3 is 14.2 Å². The Bertz CT molecular complexity index is 470. The minimum absolute atomic E-state index is 0.243. The average molecular weight is 293 g/mol. The summed E-state index contributed by atoms with van der Waals surface area (Å²) in [5.41, 5.74) is -0.692. The van der Waals surface area contributed by atoms with Crippen molar-refractivity contribution in [3.63, 3.8) is 0 Å². The van der Waals surface area contributed by atoms with Crippen LogP contribution in [0.2, 0.25) is 0 Å². The average Bonchev–Trinajstić information content (AvgIpc) is 3.30. The number of hydrogen-bond donors (Lipinski definition) is 1. The number of nitrogens with one attached hydrogen (secondary N) is 1. The minimum atomic E-state index is -0.692. The lowest BCUT2D eigenvalue weighted by molar-refractivity contribution is -0.148. The van der Waals surface area contributed by atoms with Gasteiger partial charge in [-0.1, -0.05) is 0 Å². The van der Waals surface area contributed by atoms with E-state index in [-0.39, 0.29) is 5.97 Å². The molecule has 5 heteroatoms. The van der Waals surface area contributed by atoms with E-state index in [9.17, 15) is 4.79 Å². The molecule has 0 aromatic heterocycles. The second-order valence-corrected chi connectivity index (χ2v) is 5.52. The topological polar surface area (TPSA) is 56.8 Å². The van der Waals surface area contributed by atoms with Crippen LogP contribution in [-0.4, -0.2) is 38.4 Å². The molecule has 1 aliphatic carbocycles. The maximum Gasteiger partial charge on any atom is 0.325 e. The standard InChI is InChI=1S/C16H23NO4/c1-16(15(18)20-3,17-12-4-5-12)10-11-21-14-8-6-13(19-2)7-9-14/h6-9,12,17H,4-5,10-11H2,1-3H3. The van der Waals surface area contributed by atoms with Crippen LogP contribution in [0.25, 0.3) is 0 Å². The van der Waals surface area contributed by atoms with E-state index < -0.39 is 5.54 Å². The van der Waals surface area contributed by atoms with E-state index in [0.717, 1.165) is 24.3 Å². The Morgan fingerprint density at radius 1 is 1.24 bits per heavy atom. The van der Waals surface area contributed by atoms with Gasteiger partial charge in [-0.05, 0) is 44.0 Å². The first-order valence-corrected chi connectivity index (χ1v) is 7.20. The predicted molar refractivity (Wildman–Crippen MR) is 79.7 cm³/mol. The lowest BCUT2D eigenvalue weighted by Gasteiger charge is -2.28. The van der Waals surface area contributed by atoms with Gasteiger partial charge in [-0.25, -0.2) is 0 Å². The first kappa shape index (κ1) is 15.6. The second kappa shape index (κ2) is 6.80. The van der Waals surface area contributed by atoms with Gasteiger partial charge in [0.1, 0.15) is 17.0 Å². The summed E-state index contributed by atoms with van der Waals surface area (Å²) < 4.78 is 15.7. The van der Waals surface area contributed by atoms with Gasteiger partial charge in [0.25, 0.3) is 0 Å². The van der Waals surface area contributed by atoms with E-state index >= 15 is 0 Å². The summed E-state index contributed by atoms with van der Waals surface area (Å²) in [4.78, 5) is 12.0. The van der Waals surface area contributed by atoms with Crippen molar-refractivity contribution in [2.75, 3.05) is 20.8 Å². The third-order valence-corrected chi connectivity index (χ3v) is 3.67. The lowest BCUT2D eigenvalue weighted by atomic mass is 9.98. The van der Waals surface area contributed by atoms with Crippen molar-refractivity contribution in [1.82, 2.24) is 5.32 Å². The molecule has 1 aromatic rings. The number of hydrogen-bond acceptors (Lipinski definition) is 5. The Balaban J connectivity index is 1.87. The number of carbonyl (C=O) groups excluding carboxylic acids is 1. The summed E-state index contributed by atoms with van der Waals surface area (Å²) in [6, 6.07) is 7.81. The molecule has 0 spiro atoms. The Kier molecular flexibility index (Phi) is 5.07. The molecule has 0 heterocycles. The fourth-order valence-electron chi connectivity index (χ4n) is 2.18.